The van der Waals surface area contributed by atoms with Crippen LogP contribution in [-0.2, 0) is 0 Å². The third kappa shape index (κ3) is 1.000. The zero-order chi connectivity index (χ0) is 8.27. The van der Waals surface area contributed by atoms with E-state index in [1.807, 2.05) is 6.07 Å². The van der Waals surface area contributed by atoms with Gasteiger partial charge in [0.25, 0.3) is 0 Å². The molecule has 2 N–H and O–H groups in total. The Labute approximate surface area is 56.5 Å². The highest BCUT2D eigenvalue weighted by Crippen LogP contribution is 2.06. The first-order valence-corrected chi connectivity index (χ1v) is 2.52. The second kappa shape index (κ2) is 2.19. The number of hydrogen-bond donors (Lipinski definition) is 1. The van der Waals surface area contributed by atoms with Gasteiger partial charge >= 0.3 is 0 Å². The van der Waals surface area contributed by atoms with Crippen molar-refractivity contribution < 1.29 is 2.82 Å². The van der Waals surface area contributed by atoms with E-state index in [2.05, 4.69) is 0 Å². The highest BCUT2D eigenvalue weighted by molar-refractivity contribution is 5.53. The van der Waals surface area contributed by atoms with Crippen LogP contribution in [0.2, 0.25) is 2.82 Å². The Morgan fingerprint density at radius 3 is 2.89 bits per heavy atom. The minimum atomic E-state index is 0.301. The first kappa shape index (κ1) is 3.52. The standard InChI is InChI=1S/C7H6N2/c8-5-6-3-1-2-4-7(6)9/h1-4H,9H2/i/hD2. The van der Waals surface area contributed by atoms with E-state index < -0.39 is 0 Å². The van der Waals surface area contributed by atoms with E-state index >= 15 is 0 Å². The Kier molecular flexibility index (Phi) is 0.855. The van der Waals surface area contributed by atoms with E-state index in [0.717, 1.165) is 0 Å². The summed E-state index contributed by atoms with van der Waals surface area (Å²) < 4.78 is 13.8. The third-order valence-corrected chi connectivity index (χ3v) is 1.02. The van der Waals surface area contributed by atoms with Crippen LogP contribution in [0, 0.1) is 11.3 Å². The molecule has 2 heteroatoms. The van der Waals surface area contributed by atoms with Gasteiger partial charge in [-0.1, -0.05) is 12.1 Å². The SMILES string of the molecule is [2H]N([2H])c1ccccc1C#N. The average molecular weight is 120 g/mol. The van der Waals surface area contributed by atoms with E-state index in [-0.39, 0.29) is 0 Å². The van der Waals surface area contributed by atoms with Gasteiger partial charge in [0, 0.05) is 5.69 Å². The highest BCUT2D eigenvalue weighted by atomic mass is 14.6. The normalized spacial score (nSPS) is 11.0. The second-order valence-electron chi connectivity index (χ2n) is 1.63. The molecule has 1 aromatic carbocycles. The zero-order valence-corrected chi connectivity index (χ0v) is 4.70. The highest BCUT2D eigenvalue weighted by Gasteiger charge is 1.90. The van der Waals surface area contributed by atoms with Gasteiger partial charge in [0.15, 0.2) is 2.82 Å². The van der Waals surface area contributed by atoms with Crippen LogP contribution in [0.3, 0.4) is 0 Å². The summed E-state index contributed by atoms with van der Waals surface area (Å²) in [6.07, 6.45) is 0. The molecule has 0 bridgehead atoms. The van der Waals surface area contributed by atoms with Crippen LogP contribution in [0.1, 0.15) is 5.56 Å². The largest absolute Gasteiger partial charge is 0.398 e. The monoisotopic (exact) mass is 120 g/mol. The summed E-state index contributed by atoms with van der Waals surface area (Å²) in [5.41, 5.74) is 1.07. The van der Waals surface area contributed by atoms with Crippen molar-refractivity contribution in [2.24, 2.45) is 0 Å². The van der Waals surface area contributed by atoms with Gasteiger partial charge in [0.05, 0.1) is 5.56 Å². The molecular weight excluding hydrogens is 112 g/mol. The molecule has 0 saturated heterocycles. The first-order chi connectivity index (χ1) is 5.25. The molecule has 0 heterocycles. The molecule has 0 aliphatic rings. The van der Waals surface area contributed by atoms with Crippen LogP contribution in [0.5, 0.6) is 0 Å². The van der Waals surface area contributed by atoms with Crippen LogP contribution in [0.4, 0.5) is 5.69 Å². The fraction of sp³-hybridized carbons (Fsp3) is 0. The number of rotatable bonds is 1. The quantitative estimate of drug-likeness (QED) is 0.565. The summed E-state index contributed by atoms with van der Waals surface area (Å²) in [6.45, 7) is 0. The summed E-state index contributed by atoms with van der Waals surface area (Å²) >= 11 is 0. The first-order valence-electron chi connectivity index (χ1n) is 3.42. The fourth-order valence-corrected chi connectivity index (χ4v) is 0.568. The Bertz CT molecular complexity index is 291. The lowest BCUT2D eigenvalue weighted by molar-refractivity contribution is 1.48. The number of nitrogen functional groups attached to an aromatic ring is 1. The molecule has 0 aliphatic carbocycles. The molecule has 0 spiro atoms. The Balaban J connectivity index is 3.15. The summed E-state index contributed by atoms with van der Waals surface area (Å²) in [7, 11) is 0. The van der Waals surface area contributed by atoms with E-state index in [1.54, 1.807) is 24.3 Å². The molecule has 0 fully saturated rings. The number of nitrogens with zero attached hydrogens (tertiary/aromatic N) is 1. The maximum Gasteiger partial charge on any atom is 0.156 e. The van der Waals surface area contributed by atoms with Gasteiger partial charge in [-0.25, -0.2) is 0 Å². The van der Waals surface area contributed by atoms with Gasteiger partial charge in [0.1, 0.15) is 6.07 Å². The maximum atomic E-state index is 8.52. The average Bonchev–Trinajstić information content (AvgIpc) is 2.04. The number of nitrogens with two attached hydrogens (primary N) is 1. The van der Waals surface area contributed by atoms with Crippen molar-refractivity contribution in [3.8, 4) is 6.07 Å². The van der Waals surface area contributed by atoms with Crippen molar-refractivity contribution in [2.75, 3.05) is 5.72 Å². The Hall–Kier alpha value is -1.49. The van der Waals surface area contributed by atoms with Gasteiger partial charge in [-0.15, -0.1) is 0 Å². The minimum Gasteiger partial charge on any atom is -0.398 e. The minimum absolute atomic E-state index is 0.301. The van der Waals surface area contributed by atoms with Crippen molar-refractivity contribution in [2.45, 2.75) is 0 Å². The van der Waals surface area contributed by atoms with E-state index in [9.17, 15) is 0 Å². The zero-order valence-electron chi connectivity index (χ0n) is 6.70. The molecule has 0 radical (unpaired) electrons. The Morgan fingerprint density at radius 2 is 2.33 bits per heavy atom. The smallest absolute Gasteiger partial charge is 0.156 e. The lowest BCUT2D eigenvalue weighted by Gasteiger charge is -1.91. The van der Waals surface area contributed by atoms with Crippen molar-refractivity contribution in [3.05, 3.63) is 29.8 Å². The van der Waals surface area contributed by atoms with Crippen molar-refractivity contribution >= 4 is 5.69 Å². The van der Waals surface area contributed by atoms with Gasteiger partial charge in [-0.2, -0.15) is 5.26 Å². The topological polar surface area (TPSA) is 49.8 Å². The van der Waals surface area contributed by atoms with Crippen LogP contribution < -0.4 is 5.72 Å². The number of para-hydroxylation sites is 1. The number of benzene rings is 1. The van der Waals surface area contributed by atoms with Crippen LogP contribution in [0.15, 0.2) is 24.3 Å². The molecule has 2 nitrogen and oxygen atoms in total. The molecule has 0 atom stereocenters. The molecular formula is C7H6N2. The van der Waals surface area contributed by atoms with Crippen LogP contribution in [-0.4, -0.2) is 0 Å². The summed E-state index contributed by atoms with van der Waals surface area (Å²) in [5, 5.41) is 8.52. The van der Waals surface area contributed by atoms with E-state index in [1.165, 1.54) is 0 Å². The maximum absolute atomic E-state index is 8.52. The van der Waals surface area contributed by atoms with Crippen molar-refractivity contribution in [1.82, 2.24) is 0 Å². The van der Waals surface area contributed by atoms with E-state index in [4.69, 9.17) is 8.09 Å². The molecule has 0 aromatic heterocycles. The predicted molar refractivity (Wildman–Crippen MR) is 35.6 cm³/mol. The Morgan fingerprint density at radius 1 is 1.56 bits per heavy atom. The molecule has 0 aliphatic heterocycles. The van der Waals surface area contributed by atoms with Gasteiger partial charge in [-0.05, 0) is 12.1 Å². The number of anilines is 1. The van der Waals surface area contributed by atoms with Crippen molar-refractivity contribution in [3.63, 3.8) is 0 Å². The molecule has 0 amide bonds. The molecule has 0 saturated carbocycles. The molecule has 1 rings (SSSR count). The van der Waals surface area contributed by atoms with Gasteiger partial charge in [0.2, 0.25) is 0 Å². The second-order valence-corrected chi connectivity index (χ2v) is 1.63. The number of nitriles is 1. The van der Waals surface area contributed by atoms with Crippen LogP contribution >= 0.6 is 0 Å². The third-order valence-electron chi connectivity index (χ3n) is 1.02. The van der Waals surface area contributed by atoms with Gasteiger partial charge in [-0.3, -0.25) is 0 Å². The van der Waals surface area contributed by atoms with Crippen LogP contribution in [0.25, 0.3) is 0 Å². The summed E-state index contributed by atoms with van der Waals surface area (Å²) in [5.74, 6) is 0. The molecule has 9 heavy (non-hydrogen) atoms. The molecule has 44 valence electrons. The fourth-order valence-electron chi connectivity index (χ4n) is 0.568. The van der Waals surface area contributed by atoms with Crippen molar-refractivity contribution in [1.29, 1.82) is 5.26 Å². The predicted octanol–water partition coefficient (Wildman–Crippen LogP) is 1.14. The lowest BCUT2D eigenvalue weighted by atomic mass is 10.2. The molecule has 1 aromatic rings. The van der Waals surface area contributed by atoms with E-state index in [0.29, 0.717) is 17.0 Å². The number of hydrogen-bond acceptors (Lipinski definition) is 2. The lowest BCUT2D eigenvalue weighted by Crippen LogP contribution is -1.87. The molecule has 0 unspecified atom stereocenters. The summed E-state index contributed by atoms with van der Waals surface area (Å²) in [6, 6.07) is 8.41. The summed E-state index contributed by atoms with van der Waals surface area (Å²) in [4.78, 5) is 0. The van der Waals surface area contributed by atoms with Gasteiger partial charge < -0.3 is 5.72 Å².